The number of aromatic nitrogens is 1. The molecule has 1 fully saturated rings. The number of sulfonamides is 1. The molecule has 2 aliphatic rings. The predicted molar refractivity (Wildman–Crippen MR) is 109 cm³/mol. The molecule has 1 unspecified atom stereocenters. The minimum absolute atomic E-state index is 0.0342. The summed E-state index contributed by atoms with van der Waals surface area (Å²) < 4.78 is 25.1. The topological polar surface area (TPSA) is 106 Å². The van der Waals surface area contributed by atoms with Crippen molar-refractivity contribution >= 4 is 39.3 Å². The molecule has 0 saturated carbocycles. The molecule has 1 amide bonds. The monoisotopic (exact) mass is 400 g/mol. The zero-order valence-corrected chi connectivity index (χ0v) is 16.4. The first-order valence-electron chi connectivity index (χ1n) is 9.15. The lowest BCUT2D eigenvalue weighted by Gasteiger charge is -2.30. The number of pyridine rings is 1. The van der Waals surface area contributed by atoms with E-state index in [1.165, 1.54) is 0 Å². The van der Waals surface area contributed by atoms with Gasteiger partial charge in [0.25, 0.3) is 11.7 Å². The second kappa shape index (κ2) is 6.68. The summed E-state index contributed by atoms with van der Waals surface area (Å²) in [6.07, 6.45) is 5.88. The number of nitrogens with zero attached hydrogens (tertiary/aromatic N) is 4. The van der Waals surface area contributed by atoms with Crippen molar-refractivity contribution in [2.75, 3.05) is 24.2 Å². The first-order chi connectivity index (χ1) is 13.3. The van der Waals surface area contributed by atoms with E-state index in [-0.39, 0.29) is 11.5 Å². The maximum atomic E-state index is 13.0. The van der Waals surface area contributed by atoms with Crippen molar-refractivity contribution in [3.05, 3.63) is 47.7 Å². The number of para-hydroxylation sites is 1. The fourth-order valence-electron chi connectivity index (χ4n) is 3.85. The fourth-order valence-corrected chi connectivity index (χ4v) is 5.03. The number of carbonyl (C=O) groups excluding carboxylic acids is 1. The normalized spacial score (nSPS) is 21.5. The number of nitrogens with two attached hydrogens (primary N) is 1. The number of anilines is 1. The molecule has 2 N–H and O–H groups in total. The molecule has 0 spiro atoms. The average molecular weight is 400 g/mol. The molecule has 1 saturated heterocycles. The molecule has 3 heterocycles. The first-order valence-corrected chi connectivity index (χ1v) is 11.0. The zero-order chi connectivity index (χ0) is 19.9. The highest BCUT2D eigenvalue weighted by Crippen LogP contribution is 2.45. The SMILES string of the molecule is CS(=O)(=O)[N+]1(c2ccccc2)N=Cc2c(N3CCCCC3)cc(C(N)=O)nc21. The van der Waals surface area contributed by atoms with Crippen LogP contribution in [0.15, 0.2) is 41.5 Å². The molecular weight excluding hydrogens is 378 g/mol. The van der Waals surface area contributed by atoms with E-state index in [4.69, 9.17) is 5.73 Å². The van der Waals surface area contributed by atoms with Crippen LogP contribution in [-0.4, -0.2) is 44.9 Å². The van der Waals surface area contributed by atoms with E-state index < -0.39 is 19.9 Å². The fraction of sp³-hybridized carbons (Fsp3) is 0.316. The van der Waals surface area contributed by atoms with Crippen LogP contribution in [0.5, 0.6) is 0 Å². The van der Waals surface area contributed by atoms with Gasteiger partial charge in [-0.3, -0.25) is 4.79 Å². The number of piperidine rings is 1. The van der Waals surface area contributed by atoms with Crippen molar-refractivity contribution in [2.45, 2.75) is 19.3 Å². The number of hydrogen-bond acceptors (Lipinski definition) is 6. The van der Waals surface area contributed by atoms with Crippen molar-refractivity contribution in [1.29, 1.82) is 0 Å². The Balaban J connectivity index is 2.01. The lowest BCUT2D eigenvalue weighted by molar-refractivity contribution is 0.0995. The van der Waals surface area contributed by atoms with Crippen LogP contribution < -0.4 is 14.6 Å². The second-order valence-electron chi connectivity index (χ2n) is 7.07. The molecule has 8 nitrogen and oxygen atoms in total. The minimum atomic E-state index is -3.81. The largest absolute Gasteiger partial charge is 0.371 e. The highest BCUT2D eigenvalue weighted by molar-refractivity contribution is 7.90. The van der Waals surface area contributed by atoms with Crippen molar-refractivity contribution in [2.24, 2.45) is 10.8 Å². The number of quaternary nitrogens is 1. The molecule has 9 heteroatoms. The second-order valence-corrected chi connectivity index (χ2v) is 9.06. The summed E-state index contributed by atoms with van der Waals surface area (Å²) >= 11 is 0. The van der Waals surface area contributed by atoms with E-state index in [0.29, 0.717) is 11.3 Å². The summed E-state index contributed by atoms with van der Waals surface area (Å²) in [7, 11) is -3.81. The molecule has 2 aromatic rings. The Morgan fingerprint density at radius 3 is 2.43 bits per heavy atom. The summed E-state index contributed by atoms with van der Waals surface area (Å²) in [4.78, 5) is 18.5. The Bertz CT molecular complexity index is 1060. The predicted octanol–water partition coefficient (Wildman–Crippen LogP) is 2.12. The lowest BCUT2D eigenvalue weighted by atomic mass is 10.1. The van der Waals surface area contributed by atoms with Crippen molar-refractivity contribution in [3.8, 4) is 0 Å². The van der Waals surface area contributed by atoms with Gasteiger partial charge in [0.2, 0.25) is 0 Å². The zero-order valence-electron chi connectivity index (χ0n) is 15.6. The molecule has 2 aliphatic heterocycles. The summed E-state index contributed by atoms with van der Waals surface area (Å²) in [6, 6.07) is 10.3. The number of fused-ring (bicyclic) bond motifs is 1. The standard InChI is InChI=1S/C19H21N5O3S/c1-28(26,27)24(14-8-4-2-5-9-14)19-15(13-21-24)17(12-16(22-19)18(20)25)23-10-6-3-7-11-23/h2,4-5,8-9,12-13H,3,6-7,10-11H2,1H3,(H-,20,25)/p+1. The third-order valence-corrected chi connectivity index (χ3v) is 6.63. The van der Waals surface area contributed by atoms with Crippen LogP contribution in [-0.2, 0) is 10.0 Å². The molecule has 0 bridgehead atoms. The smallest absolute Gasteiger partial charge is 0.329 e. The van der Waals surface area contributed by atoms with Gasteiger partial charge in [0.15, 0.2) is 5.69 Å². The number of amides is 1. The van der Waals surface area contributed by atoms with Gasteiger partial charge < -0.3 is 10.6 Å². The van der Waals surface area contributed by atoms with Gasteiger partial charge in [0.05, 0.1) is 11.9 Å². The van der Waals surface area contributed by atoms with Gasteiger partial charge in [0, 0.05) is 25.2 Å². The summed E-state index contributed by atoms with van der Waals surface area (Å²) in [5.74, 6) is -0.516. The highest BCUT2D eigenvalue weighted by atomic mass is 32.2. The van der Waals surface area contributed by atoms with E-state index >= 15 is 0 Å². The van der Waals surface area contributed by atoms with Crippen LogP contribution in [0.4, 0.5) is 17.2 Å². The Kier molecular flexibility index (Phi) is 4.43. The van der Waals surface area contributed by atoms with Gasteiger partial charge in [-0.2, -0.15) is 13.4 Å². The van der Waals surface area contributed by atoms with Gasteiger partial charge in [-0.15, -0.1) is 0 Å². The van der Waals surface area contributed by atoms with Gasteiger partial charge in [-0.25, -0.2) is 0 Å². The Morgan fingerprint density at radius 2 is 1.82 bits per heavy atom. The summed E-state index contributed by atoms with van der Waals surface area (Å²) in [6.45, 7) is 1.65. The van der Waals surface area contributed by atoms with Crippen LogP contribution in [0, 0.1) is 0 Å². The quantitative estimate of drug-likeness (QED) is 0.792. The van der Waals surface area contributed by atoms with Crippen LogP contribution in [0.25, 0.3) is 0 Å². The Hall–Kier alpha value is -2.78. The molecular formula is C19H22N5O3S+. The molecule has 28 heavy (non-hydrogen) atoms. The maximum absolute atomic E-state index is 13.0. The van der Waals surface area contributed by atoms with Crippen LogP contribution >= 0.6 is 0 Å². The average Bonchev–Trinajstić information content (AvgIpc) is 3.09. The van der Waals surface area contributed by atoms with Crippen LogP contribution in [0.2, 0.25) is 0 Å². The van der Waals surface area contributed by atoms with Crippen LogP contribution in [0.1, 0.15) is 35.3 Å². The Morgan fingerprint density at radius 1 is 1.14 bits per heavy atom. The van der Waals surface area contributed by atoms with E-state index in [9.17, 15) is 13.2 Å². The van der Waals surface area contributed by atoms with Crippen molar-refractivity contribution in [1.82, 2.24) is 8.98 Å². The number of rotatable bonds is 4. The van der Waals surface area contributed by atoms with Gasteiger partial charge in [-0.1, -0.05) is 23.3 Å². The highest BCUT2D eigenvalue weighted by Gasteiger charge is 2.52. The van der Waals surface area contributed by atoms with Crippen LogP contribution in [0.3, 0.4) is 0 Å². The van der Waals surface area contributed by atoms with E-state index in [2.05, 4.69) is 15.0 Å². The van der Waals surface area contributed by atoms with E-state index in [1.807, 2.05) is 0 Å². The van der Waals surface area contributed by atoms with E-state index in [1.54, 1.807) is 42.6 Å². The third kappa shape index (κ3) is 2.78. The Labute approximate surface area is 163 Å². The maximum Gasteiger partial charge on any atom is 0.329 e. The molecule has 1 aromatic carbocycles. The lowest BCUT2D eigenvalue weighted by Crippen LogP contribution is -2.43. The van der Waals surface area contributed by atoms with Crippen molar-refractivity contribution < 1.29 is 13.2 Å². The van der Waals surface area contributed by atoms with Gasteiger partial charge in [0.1, 0.15) is 17.5 Å². The summed E-state index contributed by atoms with van der Waals surface area (Å²) in [5, 5.41) is 4.42. The molecule has 0 aliphatic carbocycles. The number of carbonyl (C=O) groups is 1. The number of benzene rings is 1. The molecule has 1 aromatic heterocycles. The first kappa shape index (κ1) is 18.6. The molecule has 1 atom stereocenters. The molecule has 4 rings (SSSR count). The van der Waals surface area contributed by atoms with Gasteiger partial charge >= 0.3 is 10.0 Å². The molecule has 0 radical (unpaired) electrons. The number of hydrogen-bond donors (Lipinski definition) is 1. The summed E-state index contributed by atoms with van der Waals surface area (Å²) in [5.41, 5.74) is 7.35. The molecule has 146 valence electrons. The third-order valence-electron chi connectivity index (χ3n) is 5.19. The van der Waals surface area contributed by atoms with Crippen molar-refractivity contribution in [3.63, 3.8) is 0 Å². The van der Waals surface area contributed by atoms with Gasteiger partial charge in [-0.05, 0) is 29.3 Å². The number of primary amides is 1. The van der Waals surface area contributed by atoms with E-state index in [0.717, 1.165) is 44.3 Å². The minimum Gasteiger partial charge on any atom is -0.371 e.